The number of aromatic nitrogens is 1. The van der Waals surface area contributed by atoms with E-state index in [1.165, 1.54) is 0 Å². The van der Waals surface area contributed by atoms with Gasteiger partial charge in [-0.3, -0.25) is 4.79 Å². The van der Waals surface area contributed by atoms with Gasteiger partial charge in [0, 0.05) is 30.5 Å². The number of aliphatic carboxylic acids is 1. The molecule has 0 amide bonds. The van der Waals surface area contributed by atoms with E-state index in [0.29, 0.717) is 18.7 Å². The molecule has 1 aromatic carbocycles. The topological polar surface area (TPSA) is 109 Å². The third-order valence-corrected chi connectivity index (χ3v) is 6.37. The molecule has 3 aliphatic rings. The van der Waals surface area contributed by atoms with Gasteiger partial charge in [0.05, 0.1) is 23.3 Å². The molecule has 0 radical (unpaired) electrons. The lowest BCUT2D eigenvalue weighted by molar-refractivity contribution is -0.206. The van der Waals surface area contributed by atoms with E-state index in [4.69, 9.17) is 19.6 Å². The van der Waals surface area contributed by atoms with Crippen LogP contribution in [0.25, 0.3) is 16.6 Å². The zero-order valence-corrected chi connectivity index (χ0v) is 17.7. The first-order valence-corrected chi connectivity index (χ1v) is 10.7. The molecule has 0 spiro atoms. The fraction of sp³-hybridized carbons (Fsp3) is 0.375. The summed E-state index contributed by atoms with van der Waals surface area (Å²) in [5.74, 6) is -1.61. The fourth-order valence-corrected chi connectivity index (χ4v) is 4.77. The predicted octanol–water partition coefficient (Wildman–Crippen LogP) is 2.61. The maximum absolute atomic E-state index is 12.9. The van der Waals surface area contributed by atoms with E-state index in [1.54, 1.807) is 6.92 Å². The van der Waals surface area contributed by atoms with Crippen LogP contribution in [0.2, 0.25) is 0 Å². The summed E-state index contributed by atoms with van der Waals surface area (Å²) in [6.07, 6.45) is 0.393. The van der Waals surface area contributed by atoms with Gasteiger partial charge in [0.1, 0.15) is 6.61 Å². The number of carboxylic acid groups (broad SMARTS) is 1. The van der Waals surface area contributed by atoms with Crippen LogP contribution >= 0.6 is 0 Å². The Bertz CT molecular complexity index is 1190. The fourth-order valence-electron chi connectivity index (χ4n) is 4.77. The van der Waals surface area contributed by atoms with Gasteiger partial charge in [-0.1, -0.05) is 25.1 Å². The summed E-state index contributed by atoms with van der Waals surface area (Å²) in [6, 6.07) is 10.1. The number of benzene rings is 1. The van der Waals surface area contributed by atoms with Crippen LogP contribution in [-0.4, -0.2) is 57.1 Å². The van der Waals surface area contributed by atoms with Crippen molar-refractivity contribution in [3.05, 3.63) is 58.8 Å². The highest BCUT2D eigenvalue weighted by Crippen LogP contribution is 2.44. The minimum Gasteiger partial charge on any atom is -0.481 e. The Balaban J connectivity index is 1.55. The molecular weight excluding hydrogens is 412 g/mol. The van der Waals surface area contributed by atoms with Crippen LogP contribution in [-0.2, 0) is 25.6 Å². The second-order valence-corrected chi connectivity index (χ2v) is 8.35. The van der Waals surface area contributed by atoms with Crippen LogP contribution in [0.3, 0.4) is 0 Å². The van der Waals surface area contributed by atoms with Crippen LogP contribution < -0.4 is 0 Å². The number of pyridine rings is 1. The molecule has 8 heteroatoms. The van der Waals surface area contributed by atoms with Gasteiger partial charge in [0.15, 0.2) is 11.9 Å². The normalized spacial score (nSPS) is 22.8. The number of ether oxygens (including phenoxy) is 2. The van der Waals surface area contributed by atoms with Crippen molar-refractivity contribution in [2.75, 3.05) is 13.2 Å². The van der Waals surface area contributed by atoms with E-state index >= 15 is 0 Å². The number of rotatable bonds is 6. The first-order chi connectivity index (χ1) is 15.4. The average Bonchev–Trinajstić information content (AvgIpc) is 3.13. The van der Waals surface area contributed by atoms with Crippen LogP contribution in [0.1, 0.15) is 37.4 Å². The Labute approximate surface area is 184 Å². The van der Waals surface area contributed by atoms with Gasteiger partial charge < -0.3 is 24.6 Å². The minimum absolute atomic E-state index is 0.119. The quantitative estimate of drug-likeness (QED) is 0.525. The van der Waals surface area contributed by atoms with Crippen molar-refractivity contribution < 1.29 is 29.3 Å². The molecule has 8 nitrogen and oxygen atoms in total. The lowest BCUT2D eigenvalue weighted by atomic mass is 9.82. The summed E-state index contributed by atoms with van der Waals surface area (Å²) in [7, 11) is 0. The van der Waals surface area contributed by atoms with Crippen LogP contribution in [0.15, 0.2) is 47.6 Å². The van der Waals surface area contributed by atoms with Crippen molar-refractivity contribution in [2.24, 2.45) is 0 Å². The zero-order valence-electron chi connectivity index (χ0n) is 17.7. The molecule has 1 aromatic heterocycles. The summed E-state index contributed by atoms with van der Waals surface area (Å²) in [5, 5.41) is 20.3. The highest BCUT2D eigenvalue weighted by Gasteiger charge is 2.50. The smallest absolute Gasteiger partial charge is 0.343 e. The molecule has 1 unspecified atom stereocenters. The third kappa shape index (κ3) is 3.27. The number of fused-ring (bicyclic) bond motifs is 4. The maximum Gasteiger partial charge on any atom is 0.343 e. The Morgan fingerprint density at radius 1 is 1.34 bits per heavy atom. The Morgan fingerprint density at radius 3 is 2.94 bits per heavy atom. The van der Waals surface area contributed by atoms with Gasteiger partial charge in [-0.25, -0.2) is 9.78 Å². The molecule has 0 saturated heterocycles. The number of carboxylic acids is 1. The molecule has 0 aliphatic carbocycles. The van der Waals surface area contributed by atoms with Gasteiger partial charge in [-0.15, -0.1) is 0 Å². The predicted molar refractivity (Wildman–Crippen MR) is 115 cm³/mol. The highest BCUT2D eigenvalue weighted by atomic mass is 16.6. The maximum atomic E-state index is 12.9. The number of aliphatic hydroxyl groups is 1. The van der Waals surface area contributed by atoms with Crippen molar-refractivity contribution in [3.8, 4) is 0 Å². The summed E-state index contributed by atoms with van der Waals surface area (Å²) < 4.78 is 11.3. The van der Waals surface area contributed by atoms with Crippen LogP contribution in [0.4, 0.5) is 0 Å². The second kappa shape index (κ2) is 7.72. The molecule has 0 saturated carbocycles. The van der Waals surface area contributed by atoms with Crippen molar-refractivity contribution in [1.82, 2.24) is 9.88 Å². The van der Waals surface area contributed by atoms with Crippen molar-refractivity contribution in [1.29, 1.82) is 0 Å². The largest absolute Gasteiger partial charge is 0.481 e. The number of hydrogen-bond acceptors (Lipinski definition) is 7. The minimum atomic E-state index is -1.48. The van der Waals surface area contributed by atoms with Crippen LogP contribution in [0.5, 0.6) is 0 Å². The lowest BCUT2D eigenvalue weighted by Crippen LogP contribution is -2.51. The number of nitrogens with zero attached hydrogens (tertiary/aromatic N) is 2. The van der Waals surface area contributed by atoms with Gasteiger partial charge in [0.25, 0.3) is 0 Å². The van der Waals surface area contributed by atoms with Gasteiger partial charge >= 0.3 is 11.9 Å². The zero-order chi connectivity index (χ0) is 22.5. The number of hydrogen-bond donors (Lipinski definition) is 2. The van der Waals surface area contributed by atoms with Crippen LogP contribution in [0, 0.1) is 0 Å². The van der Waals surface area contributed by atoms with Gasteiger partial charge in [-0.05, 0) is 35.8 Å². The first kappa shape index (κ1) is 20.7. The number of esters is 1. The number of carbonyl (C=O) groups excluding carboxylic acids is 1. The standard InChI is InChI=1S/C24H24N2O6/c1-2-24(32-21(29)8-7-20(27)28)17-10-19-22-15(9-14-5-3-4-6-18(14)25-22)11-26(19)12-16(17)13-31-23(24)30/h3-6,9-10,21,29H,2,7-8,11-13H2,1H3,(H,27,28)/t21?,24-/m0/s1. The molecule has 32 heavy (non-hydrogen) atoms. The average molecular weight is 436 g/mol. The van der Waals surface area contributed by atoms with Crippen molar-refractivity contribution >= 4 is 28.5 Å². The molecule has 0 fully saturated rings. The number of para-hydroxylation sites is 1. The number of aliphatic hydroxyl groups excluding tert-OH is 1. The van der Waals surface area contributed by atoms with E-state index in [1.807, 2.05) is 30.3 Å². The van der Waals surface area contributed by atoms with Gasteiger partial charge in [0.2, 0.25) is 0 Å². The van der Waals surface area contributed by atoms with Crippen molar-refractivity contribution in [3.63, 3.8) is 0 Å². The molecule has 0 bridgehead atoms. The molecule has 2 atom stereocenters. The summed E-state index contributed by atoms with van der Waals surface area (Å²) in [6.45, 7) is 3.24. The number of carbonyl (C=O) groups is 2. The Morgan fingerprint density at radius 2 is 2.16 bits per heavy atom. The molecule has 166 valence electrons. The number of cyclic esters (lactones) is 1. The molecule has 3 aliphatic heterocycles. The molecule has 4 heterocycles. The Kier molecular flexibility index (Phi) is 4.98. The second-order valence-electron chi connectivity index (χ2n) is 8.35. The molecule has 2 N–H and O–H groups in total. The molecule has 2 aromatic rings. The lowest BCUT2D eigenvalue weighted by Gasteiger charge is -2.41. The van der Waals surface area contributed by atoms with E-state index in [-0.39, 0.29) is 25.9 Å². The molecular formula is C24H24N2O6. The highest BCUT2D eigenvalue weighted by molar-refractivity contribution is 5.90. The van der Waals surface area contributed by atoms with E-state index in [2.05, 4.69) is 11.0 Å². The monoisotopic (exact) mass is 436 g/mol. The van der Waals surface area contributed by atoms with E-state index < -0.39 is 23.8 Å². The SMILES string of the molecule is CC[C@@]1(OC(O)CCC(=O)O)C(=O)OCC2=C1C=C1c3nc4ccccc4cc3CN1C2. The summed E-state index contributed by atoms with van der Waals surface area (Å²) >= 11 is 0. The van der Waals surface area contributed by atoms with Crippen molar-refractivity contribution in [2.45, 2.75) is 44.6 Å². The summed E-state index contributed by atoms with van der Waals surface area (Å²) in [5.41, 5.74) is 3.93. The Hall–Kier alpha value is -3.23. The van der Waals surface area contributed by atoms with E-state index in [0.717, 1.165) is 33.4 Å². The van der Waals surface area contributed by atoms with E-state index in [9.17, 15) is 14.7 Å². The third-order valence-electron chi connectivity index (χ3n) is 6.37. The summed E-state index contributed by atoms with van der Waals surface area (Å²) in [4.78, 5) is 30.9. The molecule has 5 rings (SSSR count). The first-order valence-electron chi connectivity index (χ1n) is 10.7. The van der Waals surface area contributed by atoms with Gasteiger partial charge in [-0.2, -0.15) is 0 Å².